The van der Waals surface area contributed by atoms with Gasteiger partial charge >= 0.3 is 0 Å². The van der Waals surface area contributed by atoms with Crippen molar-refractivity contribution in [3.05, 3.63) is 70.3 Å². The number of carbonyl (C=O) groups excluding carboxylic acids is 1. The highest BCUT2D eigenvalue weighted by molar-refractivity contribution is 5.78. The van der Waals surface area contributed by atoms with Crippen molar-refractivity contribution in [2.45, 2.75) is 33.0 Å². The lowest BCUT2D eigenvalue weighted by molar-refractivity contribution is -0.132. The first-order chi connectivity index (χ1) is 14.4. The molecule has 30 heavy (non-hydrogen) atoms. The van der Waals surface area contributed by atoms with Crippen LogP contribution in [-0.4, -0.2) is 52.4 Å². The number of hydrogen-bond donors (Lipinski definition) is 1. The summed E-state index contributed by atoms with van der Waals surface area (Å²) < 4.78 is 5.25. The summed E-state index contributed by atoms with van der Waals surface area (Å²) >= 11 is 0. The number of carbonyl (C=O) groups is 1. The van der Waals surface area contributed by atoms with Crippen LogP contribution in [0.3, 0.4) is 0 Å². The summed E-state index contributed by atoms with van der Waals surface area (Å²) in [5, 5.41) is 0.562. The second kappa shape index (κ2) is 9.54. The molecule has 0 atom stereocenters. The number of benzene rings is 2. The van der Waals surface area contributed by atoms with Crippen LogP contribution < -0.4 is 10.3 Å². The first-order valence-corrected chi connectivity index (χ1v) is 9.96. The van der Waals surface area contributed by atoms with Gasteiger partial charge < -0.3 is 14.6 Å². The molecular weight excluding hydrogens is 380 g/mol. The smallest absolute Gasteiger partial charge is 0.258 e. The van der Waals surface area contributed by atoms with Crippen LogP contribution in [-0.2, 0) is 17.9 Å². The Bertz CT molecular complexity index is 1080. The van der Waals surface area contributed by atoms with E-state index < -0.39 is 0 Å². The Labute approximate surface area is 176 Å². The summed E-state index contributed by atoms with van der Waals surface area (Å²) in [7, 11) is 3.41. The maximum atomic E-state index is 12.8. The summed E-state index contributed by atoms with van der Waals surface area (Å²) in [6, 6.07) is 15.0. The molecule has 1 amide bonds. The van der Waals surface area contributed by atoms with Crippen molar-refractivity contribution in [2.75, 3.05) is 20.7 Å². The van der Waals surface area contributed by atoms with Gasteiger partial charge in [-0.1, -0.05) is 24.3 Å². The lowest BCUT2D eigenvalue weighted by Gasteiger charge is -2.28. The van der Waals surface area contributed by atoms with Gasteiger partial charge in [0.2, 0.25) is 5.91 Å². The number of para-hydroxylation sites is 1. The number of aromatic amines is 1. The van der Waals surface area contributed by atoms with Gasteiger partial charge in [-0.15, -0.1) is 0 Å². The number of rotatable bonds is 8. The van der Waals surface area contributed by atoms with E-state index in [4.69, 9.17) is 4.74 Å². The van der Waals surface area contributed by atoms with Crippen LogP contribution in [0.2, 0.25) is 0 Å². The number of nitrogens with one attached hydrogen (secondary N) is 1. The maximum Gasteiger partial charge on any atom is 0.258 e. The number of methoxy groups -OCH3 is 1. The fraction of sp³-hybridized carbons (Fsp3) is 0.348. The van der Waals surface area contributed by atoms with E-state index in [2.05, 4.69) is 9.97 Å². The molecule has 158 valence electrons. The molecular formula is C23H28N4O3. The summed E-state index contributed by atoms with van der Waals surface area (Å²) in [5.41, 5.74) is 1.49. The number of nitrogens with zero attached hydrogens (tertiary/aromatic N) is 3. The van der Waals surface area contributed by atoms with Gasteiger partial charge in [-0.3, -0.25) is 14.5 Å². The second-order valence-electron chi connectivity index (χ2n) is 7.63. The number of amides is 1. The van der Waals surface area contributed by atoms with Gasteiger partial charge in [-0.05, 0) is 43.7 Å². The minimum absolute atomic E-state index is 0.00495. The van der Waals surface area contributed by atoms with Gasteiger partial charge in [0.25, 0.3) is 5.56 Å². The summed E-state index contributed by atoms with van der Waals surface area (Å²) in [6.07, 6.45) is 0. The number of aromatic nitrogens is 2. The highest BCUT2D eigenvalue weighted by Gasteiger charge is 2.19. The molecule has 0 saturated heterocycles. The third-order valence-electron chi connectivity index (χ3n) is 5.06. The molecule has 0 saturated carbocycles. The average Bonchev–Trinajstić information content (AvgIpc) is 2.73. The predicted molar refractivity (Wildman–Crippen MR) is 117 cm³/mol. The number of hydrogen-bond acceptors (Lipinski definition) is 5. The van der Waals surface area contributed by atoms with Crippen molar-refractivity contribution in [1.29, 1.82) is 0 Å². The van der Waals surface area contributed by atoms with Crippen LogP contribution in [0.25, 0.3) is 10.9 Å². The zero-order valence-electron chi connectivity index (χ0n) is 17.9. The summed E-state index contributed by atoms with van der Waals surface area (Å²) in [6.45, 7) is 5.15. The molecule has 0 bridgehead atoms. The Balaban J connectivity index is 1.70. The topological polar surface area (TPSA) is 78.5 Å². The molecule has 0 spiro atoms. The second-order valence-corrected chi connectivity index (χ2v) is 7.63. The number of fused-ring (bicyclic) bond motifs is 1. The van der Waals surface area contributed by atoms with E-state index in [1.165, 1.54) is 0 Å². The third kappa shape index (κ3) is 5.24. The lowest BCUT2D eigenvalue weighted by atomic mass is 10.2. The summed E-state index contributed by atoms with van der Waals surface area (Å²) in [5.74, 6) is 1.31. The van der Waals surface area contributed by atoms with Crippen molar-refractivity contribution < 1.29 is 9.53 Å². The maximum absolute atomic E-state index is 12.8. The minimum atomic E-state index is -0.166. The van der Waals surface area contributed by atoms with Gasteiger partial charge in [-0.2, -0.15) is 0 Å². The third-order valence-corrected chi connectivity index (χ3v) is 5.06. The van der Waals surface area contributed by atoms with Crippen LogP contribution in [0.4, 0.5) is 0 Å². The van der Waals surface area contributed by atoms with Crippen molar-refractivity contribution in [3.8, 4) is 5.75 Å². The van der Waals surface area contributed by atoms with Crippen LogP contribution >= 0.6 is 0 Å². The molecule has 1 heterocycles. The molecule has 1 aromatic heterocycles. The quantitative estimate of drug-likeness (QED) is 0.620. The van der Waals surface area contributed by atoms with E-state index in [0.29, 0.717) is 29.8 Å². The largest absolute Gasteiger partial charge is 0.497 e. The van der Waals surface area contributed by atoms with Crippen LogP contribution in [0.15, 0.2) is 53.3 Å². The van der Waals surface area contributed by atoms with Crippen LogP contribution in [0.1, 0.15) is 25.2 Å². The normalized spacial score (nSPS) is 11.3. The molecule has 3 aromatic rings. The van der Waals surface area contributed by atoms with Crippen molar-refractivity contribution in [1.82, 2.24) is 19.8 Å². The standard InChI is InChI=1S/C23H28N4O3/c1-16(2)27(14-21-24-20-11-6-5-10-19(20)23(29)25-21)15-22(28)26(3)13-17-8-7-9-18(12-17)30-4/h5-12,16H,13-15H2,1-4H3,(H,24,25,29). The molecule has 0 aliphatic carbocycles. The van der Waals surface area contributed by atoms with E-state index in [0.717, 1.165) is 11.3 Å². The van der Waals surface area contributed by atoms with E-state index in [1.54, 1.807) is 25.1 Å². The number of likely N-dealkylation sites (N-methyl/N-ethyl adjacent to an activating group) is 1. The molecule has 7 heteroatoms. The fourth-order valence-corrected chi connectivity index (χ4v) is 3.25. The Hall–Kier alpha value is -3.19. The van der Waals surface area contributed by atoms with Gasteiger partial charge in [-0.25, -0.2) is 4.98 Å². The molecule has 0 unspecified atom stereocenters. The van der Waals surface area contributed by atoms with E-state index in [9.17, 15) is 9.59 Å². The van der Waals surface area contributed by atoms with Gasteiger partial charge in [0.1, 0.15) is 11.6 Å². The van der Waals surface area contributed by atoms with Gasteiger partial charge in [0.05, 0.1) is 31.1 Å². The predicted octanol–water partition coefficient (Wildman–Crippen LogP) is 2.80. The van der Waals surface area contributed by atoms with Gasteiger partial charge in [0.15, 0.2) is 0 Å². The minimum Gasteiger partial charge on any atom is -0.497 e. The highest BCUT2D eigenvalue weighted by Crippen LogP contribution is 2.14. The zero-order chi connectivity index (χ0) is 21.7. The van der Waals surface area contributed by atoms with Crippen molar-refractivity contribution in [2.24, 2.45) is 0 Å². The molecule has 3 rings (SSSR count). The number of H-pyrrole nitrogens is 1. The van der Waals surface area contributed by atoms with Crippen LogP contribution in [0, 0.1) is 0 Å². The molecule has 0 radical (unpaired) electrons. The van der Waals surface area contributed by atoms with Crippen molar-refractivity contribution in [3.63, 3.8) is 0 Å². The van der Waals surface area contributed by atoms with E-state index in [1.807, 2.05) is 61.2 Å². The molecule has 0 fully saturated rings. The Morgan fingerprint density at radius 3 is 2.63 bits per heavy atom. The SMILES string of the molecule is COc1cccc(CN(C)C(=O)CN(Cc2nc3ccccc3c(=O)[nH]2)C(C)C)c1. The Morgan fingerprint density at radius 1 is 1.13 bits per heavy atom. The molecule has 7 nitrogen and oxygen atoms in total. The first-order valence-electron chi connectivity index (χ1n) is 9.96. The zero-order valence-corrected chi connectivity index (χ0v) is 17.9. The van der Waals surface area contributed by atoms with E-state index >= 15 is 0 Å². The molecule has 2 aromatic carbocycles. The Kier molecular flexibility index (Phi) is 6.84. The molecule has 0 aliphatic rings. The number of ether oxygens (including phenoxy) is 1. The Morgan fingerprint density at radius 2 is 1.90 bits per heavy atom. The van der Waals surface area contributed by atoms with Gasteiger partial charge in [0, 0.05) is 19.6 Å². The molecule has 1 N–H and O–H groups in total. The first kappa shape index (κ1) is 21.5. The fourth-order valence-electron chi connectivity index (χ4n) is 3.25. The monoisotopic (exact) mass is 408 g/mol. The van der Waals surface area contributed by atoms with Crippen molar-refractivity contribution >= 4 is 16.8 Å². The highest BCUT2D eigenvalue weighted by atomic mass is 16.5. The lowest BCUT2D eigenvalue weighted by Crippen LogP contribution is -2.41. The van der Waals surface area contributed by atoms with E-state index in [-0.39, 0.29) is 24.1 Å². The summed E-state index contributed by atoms with van der Waals surface area (Å²) in [4.78, 5) is 36.3. The molecule has 0 aliphatic heterocycles. The van der Waals surface area contributed by atoms with Crippen LogP contribution in [0.5, 0.6) is 5.75 Å². The average molecular weight is 409 g/mol.